The fourth-order valence-corrected chi connectivity index (χ4v) is 4.94. The van der Waals surface area contributed by atoms with Gasteiger partial charge in [0.15, 0.2) is 5.88 Å². The van der Waals surface area contributed by atoms with Gasteiger partial charge in [-0.3, -0.25) is 9.55 Å². The lowest BCUT2D eigenvalue weighted by molar-refractivity contribution is -0.137. The highest BCUT2D eigenvalue weighted by Gasteiger charge is 2.33. The van der Waals surface area contributed by atoms with Gasteiger partial charge in [0, 0.05) is 22.0 Å². The number of hydrogen-bond acceptors (Lipinski definition) is 4. The zero-order valence-electron chi connectivity index (χ0n) is 21.0. The molecule has 8 heteroatoms. The molecule has 4 nitrogen and oxygen atoms in total. The lowest BCUT2D eigenvalue weighted by Gasteiger charge is -2.25. The van der Waals surface area contributed by atoms with Crippen LogP contribution in [0.1, 0.15) is 44.4 Å². The van der Waals surface area contributed by atoms with E-state index in [0.717, 1.165) is 39.4 Å². The molecule has 36 heavy (non-hydrogen) atoms. The highest BCUT2D eigenvalue weighted by Crippen LogP contribution is 2.41. The number of ether oxygens (including phenoxy) is 1. The van der Waals surface area contributed by atoms with Crippen LogP contribution in [0.2, 0.25) is 0 Å². The van der Waals surface area contributed by atoms with Crippen LogP contribution in [-0.2, 0) is 10.9 Å². The summed E-state index contributed by atoms with van der Waals surface area (Å²) in [6.07, 6.45) is -1.93. The van der Waals surface area contributed by atoms with Crippen LogP contribution in [0.4, 0.5) is 13.2 Å². The second-order valence-corrected chi connectivity index (χ2v) is 10.7. The van der Waals surface area contributed by atoms with Gasteiger partial charge in [-0.15, -0.1) is 11.8 Å². The molecule has 3 heterocycles. The molecule has 0 aliphatic carbocycles. The molecule has 0 saturated carbocycles. The fourth-order valence-electron chi connectivity index (χ4n) is 4.14. The smallest absolute Gasteiger partial charge is 0.417 e. The average Bonchev–Trinajstić information content (AvgIpc) is 3.08. The second kappa shape index (κ2) is 9.32. The standard InChI is InChI=1S/C28H28F3N3OS/c1-8-18-10-11-19-13-23(36-9-2)25(33-21(19)12-18)26-16(3)24-22(14-20(15-32-24)28(29,30)31)34(26)17(4)35-27(5,6)7/h8,10-15H,1,4,9H2,2-3,5-7H3. The van der Waals surface area contributed by atoms with Gasteiger partial charge in [-0.2, -0.15) is 13.2 Å². The number of hydrogen-bond donors (Lipinski definition) is 0. The van der Waals surface area contributed by atoms with Crippen molar-refractivity contribution in [3.63, 3.8) is 0 Å². The van der Waals surface area contributed by atoms with Crippen LogP contribution in [0.15, 0.2) is 54.6 Å². The largest absolute Gasteiger partial charge is 0.473 e. The Morgan fingerprint density at radius 2 is 1.89 bits per heavy atom. The summed E-state index contributed by atoms with van der Waals surface area (Å²) in [6, 6.07) is 9.06. The molecule has 0 radical (unpaired) electrons. The summed E-state index contributed by atoms with van der Waals surface area (Å²) < 4.78 is 48.6. The van der Waals surface area contributed by atoms with Gasteiger partial charge in [0.2, 0.25) is 0 Å². The first-order valence-electron chi connectivity index (χ1n) is 11.5. The summed E-state index contributed by atoms with van der Waals surface area (Å²) in [6.45, 7) is 17.4. The minimum absolute atomic E-state index is 0.200. The van der Waals surface area contributed by atoms with Crippen LogP contribution in [-0.4, -0.2) is 25.9 Å². The minimum atomic E-state index is -4.54. The van der Waals surface area contributed by atoms with E-state index in [2.05, 4.69) is 24.2 Å². The Morgan fingerprint density at radius 3 is 2.50 bits per heavy atom. The molecule has 188 valence electrons. The molecular weight excluding hydrogens is 483 g/mol. The monoisotopic (exact) mass is 511 g/mol. The summed E-state index contributed by atoms with van der Waals surface area (Å²) >= 11 is 1.61. The van der Waals surface area contributed by atoms with Crippen molar-refractivity contribution in [3.05, 3.63) is 66.4 Å². The molecule has 1 aromatic carbocycles. The van der Waals surface area contributed by atoms with Gasteiger partial charge in [0.05, 0.1) is 27.8 Å². The van der Waals surface area contributed by atoms with Gasteiger partial charge >= 0.3 is 6.18 Å². The third kappa shape index (κ3) is 4.87. The lowest BCUT2D eigenvalue weighted by Crippen LogP contribution is -2.20. The summed E-state index contributed by atoms with van der Waals surface area (Å²) in [5, 5.41) is 0.961. The Morgan fingerprint density at radius 1 is 1.17 bits per heavy atom. The Labute approximate surface area is 212 Å². The number of fused-ring (bicyclic) bond motifs is 2. The minimum Gasteiger partial charge on any atom is -0.473 e. The molecule has 4 aromatic rings. The molecule has 0 atom stereocenters. The van der Waals surface area contributed by atoms with Gasteiger partial charge in [-0.1, -0.05) is 31.7 Å². The quantitative estimate of drug-likeness (QED) is 0.192. The van der Waals surface area contributed by atoms with Gasteiger partial charge in [0.1, 0.15) is 11.3 Å². The third-order valence-corrected chi connectivity index (χ3v) is 6.52. The van der Waals surface area contributed by atoms with Crippen LogP contribution in [0, 0.1) is 6.92 Å². The van der Waals surface area contributed by atoms with E-state index in [0.29, 0.717) is 22.5 Å². The van der Waals surface area contributed by atoms with Crippen LogP contribution >= 0.6 is 11.8 Å². The number of halogens is 3. The zero-order chi connectivity index (χ0) is 26.4. The summed E-state index contributed by atoms with van der Waals surface area (Å²) in [5.41, 5.74) is 2.86. The van der Waals surface area contributed by atoms with Crippen LogP contribution in [0.5, 0.6) is 0 Å². The maximum atomic E-state index is 13.6. The summed E-state index contributed by atoms with van der Waals surface area (Å²) in [4.78, 5) is 10.1. The highest BCUT2D eigenvalue weighted by atomic mass is 32.2. The van der Waals surface area contributed by atoms with Crippen molar-refractivity contribution in [2.24, 2.45) is 0 Å². The van der Waals surface area contributed by atoms with Crippen molar-refractivity contribution in [2.75, 3.05) is 5.75 Å². The van der Waals surface area contributed by atoms with E-state index >= 15 is 0 Å². The molecule has 3 aromatic heterocycles. The van der Waals surface area contributed by atoms with Crippen molar-refractivity contribution in [1.82, 2.24) is 14.5 Å². The molecule has 0 spiro atoms. The Hall–Kier alpha value is -3.26. The van der Waals surface area contributed by atoms with E-state index in [4.69, 9.17) is 9.72 Å². The maximum absolute atomic E-state index is 13.6. The average molecular weight is 512 g/mol. The van der Waals surface area contributed by atoms with Crippen LogP contribution in [0.3, 0.4) is 0 Å². The Bertz CT molecular complexity index is 1500. The second-order valence-electron chi connectivity index (χ2n) is 9.43. The summed E-state index contributed by atoms with van der Waals surface area (Å²) in [5.74, 6) is 0.992. The van der Waals surface area contributed by atoms with E-state index in [1.54, 1.807) is 22.4 Å². The van der Waals surface area contributed by atoms with Crippen molar-refractivity contribution in [3.8, 4) is 11.4 Å². The normalized spacial score (nSPS) is 12.3. The number of pyridine rings is 2. The van der Waals surface area contributed by atoms with E-state index in [-0.39, 0.29) is 11.4 Å². The number of benzene rings is 1. The number of aryl methyl sites for hydroxylation is 1. The van der Waals surface area contributed by atoms with Crippen molar-refractivity contribution in [1.29, 1.82) is 0 Å². The first-order chi connectivity index (χ1) is 16.8. The molecule has 0 saturated heterocycles. The van der Waals surface area contributed by atoms with Crippen LogP contribution < -0.4 is 0 Å². The first-order valence-corrected chi connectivity index (χ1v) is 12.5. The molecule has 0 fully saturated rings. The van der Waals surface area contributed by atoms with E-state index in [1.165, 1.54) is 0 Å². The van der Waals surface area contributed by atoms with Crippen molar-refractivity contribution in [2.45, 2.75) is 51.3 Å². The lowest BCUT2D eigenvalue weighted by atomic mass is 10.1. The Kier molecular flexibility index (Phi) is 6.68. The maximum Gasteiger partial charge on any atom is 0.417 e. The van der Waals surface area contributed by atoms with Gasteiger partial charge in [-0.25, -0.2) is 4.98 Å². The Balaban J connectivity index is 2.11. The van der Waals surface area contributed by atoms with Crippen molar-refractivity contribution >= 4 is 45.7 Å². The van der Waals surface area contributed by atoms with Gasteiger partial charge < -0.3 is 4.74 Å². The van der Waals surface area contributed by atoms with E-state index in [9.17, 15) is 13.2 Å². The molecule has 0 N–H and O–H groups in total. The van der Waals surface area contributed by atoms with Gasteiger partial charge in [0.25, 0.3) is 0 Å². The topological polar surface area (TPSA) is 39.9 Å². The number of thioether (sulfide) groups is 1. The van der Waals surface area contributed by atoms with Crippen LogP contribution in [0.25, 0.3) is 45.3 Å². The number of rotatable bonds is 6. The predicted molar refractivity (Wildman–Crippen MR) is 143 cm³/mol. The molecule has 4 rings (SSSR count). The molecule has 0 aliphatic rings. The van der Waals surface area contributed by atoms with Gasteiger partial charge in [-0.05, 0) is 63.8 Å². The molecular formula is C28H28F3N3OS. The number of aromatic nitrogens is 3. The number of alkyl halides is 3. The van der Waals surface area contributed by atoms with E-state index < -0.39 is 17.3 Å². The fraction of sp³-hybridized carbons (Fsp3) is 0.286. The molecule has 0 bridgehead atoms. The molecule has 0 unspecified atom stereocenters. The SMILES string of the molecule is C=Cc1ccc2cc(SCC)c(-c3c(C)c4ncc(C(F)(F)F)cc4n3C(=C)OC(C)(C)C)nc2c1. The van der Waals surface area contributed by atoms with Crippen molar-refractivity contribution < 1.29 is 17.9 Å². The zero-order valence-corrected chi connectivity index (χ0v) is 21.8. The third-order valence-electron chi connectivity index (χ3n) is 5.61. The molecule has 0 aliphatic heterocycles. The first kappa shape index (κ1) is 25.8. The summed E-state index contributed by atoms with van der Waals surface area (Å²) in [7, 11) is 0. The van der Waals surface area contributed by atoms with E-state index in [1.807, 2.05) is 52.8 Å². The predicted octanol–water partition coefficient (Wildman–Crippen LogP) is 8.58. The highest BCUT2D eigenvalue weighted by molar-refractivity contribution is 7.99. The number of nitrogens with zero attached hydrogens (tertiary/aromatic N) is 3. The molecule has 0 amide bonds.